The molecule has 1 saturated heterocycles. The van der Waals surface area contributed by atoms with E-state index in [1.165, 1.54) is 12.8 Å². The van der Waals surface area contributed by atoms with Crippen LogP contribution in [-0.2, 0) is 4.79 Å². The number of amides is 3. The zero-order valence-corrected chi connectivity index (χ0v) is 18.9. The first kappa shape index (κ1) is 22.4. The minimum Gasteiger partial charge on any atom is -0.353 e. The molecule has 2 N–H and O–H groups in total. The van der Waals surface area contributed by atoms with E-state index in [1.807, 2.05) is 18.2 Å². The number of rotatable bonds is 5. The van der Waals surface area contributed by atoms with Crippen LogP contribution in [0.2, 0.25) is 0 Å². The van der Waals surface area contributed by atoms with E-state index < -0.39 is 5.91 Å². The average molecular weight is 456 g/mol. The Hall–Kier alpha value is -2.81. The number of carbonyl (C=O) groups excluding carboxylic acids is 3. The monoisotopic (exact) mass is 455 g/mol. The summed E-state index contributed by atoms with van der Waals surface area (Å²) in [4.78, 5) is 39.9. The highest BCUT2D eigenvalue weighted by molar-refractivity contribution is 7.15. The molecule has 1 unspecified atom stereocenters. The molecule has 4 rings (SSSR count). The molecule has 3 amide bonds. The van der Waals surface area contributed by atoms with Gasteiger partial charge < -0.3 is 15.5 Å². The SMILES string of the molecule is O=C(Nc1ccccc1)c1nnc(C(=O)N2CCCC(C(=O)NC3CCCCCC3)C2)s1. The van der Waals surface area contributed by atoms with E-state index in [9.17, 15) is 14.4 Å². The number of anilines is 1. The van der Waals surface area contributed by atoms with Crippen LogP contribution in [0.4, 0.5) is 5.69 Å². The number of carbonyl (C=O) groups is 3. The Labute approximate surface area is 191 Å². The molecular weight excluding hydrogens is 426 g/mol. The molecule has 2 fully saturated rings. The van der Waals surface area contributed by atoms with Gasteiger partial charge in [0.1, 0.15) is 0 Å². The van der Waals surface area contributed by atoms with Crippen LogP contribution < -0.4 is 10.6 Å². The maximum atomic E-state index is 13.0. The van der Waals surface area contributed by atoms with Crippen LogP contribution in [-0.4, -0.2) is 52.0 Å². The Kier molecular flexibility index (Phi) is 7.47. The van der Waals surface area contributed by atoms with Crippen molar-refractivity contribution in [2.45, 2.75) is 57.4 Å². The van der Waals surface area contributed by atoms with Crippen molar-refractivity contribution in [2.24, 2.45) is 5.92 Å². The van der Waals surface area contributed by atoms with Gasteiger partial charge in [0.05, 0.1) is 5.92 Å². The number of benzene rings is 1. The van der Waals surface area contributed by atoms with Gasteiger partial charge in [-0.05, 0) is 37.8 Å². The molecule has 1 aromatic carbocycles. The fraction of sp³-hybridized carbons (Fsp3) is 0.522. The fourth-order valence-corrected chi connectivity index (χ4v) is 5.07. The number of hydrogen-bond donors (Lipinski definition) is 2. The lowest BCUT2D eigenvalue weighted by Crippen LogP contribution is -2.47. The Morgan fingerprint density at radius 1 is 0.906 bits per heavy atom. The van der Waals surface area contributed by atoms with Crippen molar-refractivity contribution in [2.75, 3.05) is 18.4 Å². The third-order valence-corrected chi connectivity index (χ3v) is 7.02. The quantitative estimate of drug-likeness (QED) is 0.672. The van der Waals surface area contributed by atoms with E-state index in [-0.39, 0.29) is 33.8 Å². The number of aromatic nitrogens is 2. The first-order valence-electron chi connectivity index (χ1n) is 11.4. The third kappa shape index (κ3) is 5.70. The van der Waals surface area contributed by atoms with Crippen molar-refractivity contribution in [1.29, 1.82) is 0 Å². The van der Waals surface area contributed by atoms with E-state index in [4.69, 9.17) is 0 Å². The number of likely N-dealkylation sites (tertiary alicyclic amines) is 1. The first-order chi connectivity index (χ1) is 15.6. The van der Waals surface area contributed by atoms with Crippen molar-refractivity contribution >= 4 is 34.7 Å². The van der Waals surface area contributed by atoms with Gasteiger partial charge in [-0.25, -0.2) is 0 Å². The highest BCUT2D eigenvalue weighted by atomic mass is 32.1. The molecule has 1 atom stereocenters. The first-order valence-corrected chi connectivity index (χ1v) is 12.2. The largest absolute Gasteiger partial charge is 0.353 e. The summed E-state index contributed by atoms with van der Waals surface area (Å²) in [7, 11) is 0. The molecule has 0 bridgehead atoms. The zero-order chi connectivity index (χ0) is 22.3. The predicted molar refractivity (Wildman–Crippen MR) is 123 cm³/mol. The van der Waals surface area contributed by atoms with Gasteiger partial charge in [-0.3, -0.25) is 14.4 Å². The van der Waals surface area contributed by atoms with Crippen LogP contribution >= 0.6 is 11.3 Å². The van der Waals surface area contributed by atoms with E-state index in [0.29, 0.717) is 18.8 Å². The van der Waals surface area contributed by atoms with Crippen LogP contribution in [0.3, 0.4) is 0 Å². The van der Waals surface area contributed by atoms with Crippen molar-refractivity contribution in [3.8, 4) is 0 Å². The summed E-state index contributed by atoms with van der Waals surface area (Å²) in [5.41, 5.74) is 0.652. The summed E-state index contributed by atoms with van der Waals surface area (Å²) >= 11 is 0.976. The summed E-state index contributed by atoms with van der Waals surface area (Å²) in [5.74, 6) is -0.820. The summed E-state index contributed by atoms with van der Waals surface area (Å²) in [6.07, 6.45) is 8.45. The maximum Gasteiger partial charge on any atom is 0.286 e. The second-order valence-corrected chi connectivity index (χ2v) is 9.50. The molecule has 9 heteroatoms. The van der Waals surface area contributed by atoms with Crippen molar-refractivity contribution in [3.05, 3.63) is 40.3 Å². The van der Waals surface area contributed by atoms with Crippen LogP contribution in [0.25, 0.3) is 0 Å². The highest BCUT2D eigenvalue weighted by Crippen LogP contribution is 2.23. The minimum atomic E-state index is -0.396. The molecule has 32 heavy (non-hydrogen) atoms. The summed E-state index contributed by atoms with van der Waals surface area (Å²) in [6.45, 7) is 0.958. The minimum absolute atomic E-state index is 0.0505. The summed E-state index contributed by atoms with van der Waals surface area (Å²) < 4.78 is 0. The second kappa shape index (κ2) is 10.7. The molecule has 1 aliphatic heterocycles. The summed E-state index contributed by atoms with van der Waals surface area (Å²) in [6, 6.07) is 9.31. The normalized spacial score (nSPS) is 19.8. The average Bonchev–Trinajstić information content (AvgIpc) is 3.18. The third-order valence-electron chi connectivity index (χ3n) is 6.11. The molecule has 2 aliphatic rings. The Balaban J connectivity index is 1.34. The van der Waals surface area contributed by atoms with E-state index in [1.54, 1.807) is 17.0 Å². The van der Waals surface area contributed by atoms with E-state index in [0.717, 1.165) is 49.9 Å². The van der Waals surface area contributed by atoms with Crippen LogP contribution in [0.1, 0.15) is 71.0 Å². The number of piperidine rings is 1. The molecule has 8 nitrogen and oxygen atoms in total. The second-order valence-electron chi connectivity index (χ2n) is 8.52. The van der Waals surface area contributed by atoms with Gasteiger partial charge >= 0.3 is 0 Å². The van der Waals surface area contributed by atoms with Gasteiger partial charge in [-0.2, -0.15) is 0 Å². The highest BCUT2D eigenvalue weighted by Gasteiger charge is 2.31. The van der Waals surface area contributed by atoms with Gasteiger partial charge in [-0.15, -0.1) is 10.2 Å². The lowest BCUT2D eigenvalue weighted by atomic mass is 9.96. The van der Waals surface area contributed by atoms with Crippen LogP contribution in [0, 0.1) is 5.92 Å². The molecule has 1 aliphatic carbocycles. The number of para-hydroxylation sites is 1. The summed E-state index contributed by atoms with van der Waals surface area (Å²) in [5, 5.41) is 14.1. The fourth-order valence-electron chi connectivity index (χ4n) is 4.36. The van der Waals surface area contributed by atoms with Gasteiger partial charge in [-0.1, -0.05) is 55.2 Å². The molecule has 1 saturated carbocycles. The Morgan fingerprint density at radius 3 is 2.38 bits per heavy atom. The predicted octanol–water partition coefficient (Wildman–Crippen LogP) is 3.48. The van der Waals surface area contributed by atoms with Gasteiger partial charge in [0.2, 0.25) is 15.9 Å². The van der Waals surface area contributed by atoms with Crippen LogP contribution in [0.5, 0.6) is 0 Å². The molecule has 2 heterocycles. The van der Waals surface area contributed by atoms with Crippen molar-refractivity contribution in [1.82, 2.24) is 20.4 Å². The molecule has 0 radical (unpaired) electrons. The van der Waals surface area contributed by atoms with Gasteiger partial charge in [0.15, 0.2) is 0 Å². The van der Waals surface area contributed by atoms with Gasteiger partial charge in [0.25, 0.3) is 11.8 Å². The molecule has 170 valence electrons. The lowest BCUT2D eigenvalue weighted by molar-refractivity contribution is -0.127. The molecular formula is C23H29N5O3S. The Morgan fingerprint density at radius 2 is 1.62 bits per heavy atom. The zero-order valence-electron chi connectivity index (χ0n) is 18.1. The van der Waals surface area contributed by atoms with Gasteiger partial charge in [0, 0.05) is 24.8 Å². The molecule has 1 aromatic heterocycles. The standard InChI is InChI=1S/C23H29N5O3S/c29-19(24-17-10-4-1-2-5-11-17)16-9-8-14-28(15-16)23(31)22-27-26-21(32-22)20(30)25-18-12-6-3-7-13-18/h3,6-7,12-13,16-17H,1-2,4-5,8-11,14-15H2,(H,24,29)(H,25,30). The van der Waals surface area contributed by atoms with Crippen LogP contribution in [0.15, 0.2) is 30.3 Å². The molecule has 0 spiro atoms. The Bertz CT molecular complexity index is 940. The van der Waals surface area contributed by atoms with E-state index >= 15 is 0 Å². The van der Waals surface area contributed by atoms with E-state index in [2.05, 4.69) is 20.8 Å². The van der Waals surface area contributed by atoms with Crippen molar-refractivity contribution in [3.63, 3.8) is 0 Å². The number of hydrogen-bond acceptors (Lipinski definition) is 6. The molecule has 2 aromatic rings. The number of nitrogens with zero attached hydrogens (tertiary/aromatic N) is 3. The van der Waals surface area contributed by atoms with Crippen molar-refractivity contribution < 1.29 is 14.4 Å². The number of nitrogens with one attached hydrogen (secondary N) is 2. The lowest BCUT2D eigenvalue weighted by Gasteiger charge is -2.32. The smallest absolute Gasteiger partial charge is 0.286 e. The topological polar surface area (TPSA) is 104 Å². The maximum absolute atomic E-state index is 13.0.